The highest BCUT2D eigenvalue weighted by atomic mass is 127. The van der Waals surface area contributed by atoms with Crippen LogP contribution in [-0.2, 0) is 10.3 Å². The summed E-state index contributed by atoms with van der Waals surface area (Å²) in [6.07, 6.45) is 1.17. The Hall–Kier alpha value is -0.790. The minimum atomic E-state index is -0.504. The van der Waals surface area contributed by atoms with Crippen LogP contribution >= 0.6 is 22.6 Å². The van der Waals surface area contributed by atoms with Gasteiger partial charge in [-0.2, -0.15) is 5.10 Å². The number of hydrogen-bond donors (Lipinski definition) is 1. The third-order valence-corrected chi connectivity index (χ3v) is 3.02. The number of aromatic nitrogens is 2. The molecule has 6 heteroatoms. The number of carbonyl (C=O) groups is 1. The number of hydrogen-bond acceptors (Lipinski definition) is 3. The number of carbonyl (C=O) groups excluding carboxylic acids is 1. The molecule has 1 amide bonds. The van der Waals surface area contributed by atoms with Crippen LogP contribution in [0, 0.1) is 3.70 Å². The molecule has 1 heterocycles. The Balaban J connectivity index is 2.82. The maximum Gasteiger partial charge on any atom is 0.412 e. The van der Waals surface area contributed by atoms with Crippen LogP contribution in [0.15, 0.2) is 6.20 Å². The van der Waals surface area contributed by atoms with E-state index in [0.717, 1.165) is 3.70 Å². The van der Waals surface area contributed by atoms with E-state index in [2.05, 4.69) is 53.8 Å². The molecule has 18 heavy (non-hydrogen) atoms. The summed E-state index contributed by atoms with van der Waals surface area (Å²) in [4.78, 5) is 11.7. The molecule has 0 radical (unpaired) electrons. The SMILES string of the molecule is CC(C)(C)OC(=O)Nc1cnn(C(C)(C)C)c1I. The number of ether oxygens (including phenoxy) is 1. The second-order valence-corrected chi connectivity index (χ2v) is 7.08. The smallest absolute Gasteiger partial charge is 0.412 e. The second-order valence-electron chi connectivity index (χ2n) is 6.06. The van der Waals surface area contributed by atoms with Gasteiger partial charge in [0.1, 0.15) is 9.30 Å². The first-order chi connectivity index (χ1) is 8.00. The molecule has 1 rings (SSSR count). The van der Waals surface area contributed by atoms with Gasteiger partial charge in [-0.1, -0.05) is 0 Å². The maximum atomic E-state index is 11.7. The van der Waals surface area contributed by atoms with Crippen LogP contribution in [0.5, 0.6) is 0 Å². The molecule has 5 nitrogen and oxygen atoms in total. The third kappa shape index (κ3) is 4.15. The Kier molecular flexibility index (Phi) is 4.30. The van der Waals surface area contributed by atoms with Crippen molar-refractivity contribution in [3.05, 3.63) is 9.90 Å². The van der Waals surface area contributed by atoms with Crippen LogP contribution < -0.4 is 5.32 Å². The zero-order valence-corrected chi connectivity index (χ0v) is 13.8. The number of nitrogens with one attached hydrogen (secondary N) is 1. The fraction of sp³-hybridized carbons (Fsp3) is 0.667. The number of halogens is 1. The topological polar surface area (TPSA) is 56.1 Å². The fourth-order valence-corrected chi connectivity index (χ4v) is 2.42. The summed E-state index contributed by atoms with van der Waals surface area (Å²) in [6.45, 7) is 11.7. The average Bonchev–Trinajstić information content (AvgIpc) is 2.43. The molecule has 1 aromatic heterocycles. The van der Waals surface area contributed by atoms with E-state index in [1.54, 1.807) is 6.20 Å². The first-order valence-electron chi connectivity index (χ1n) is 5.75. The largest absolute Gasteiger partial charge is 0.444 e. The molecule has 0 fully saturated rings. The molecular weight excluding hydrogens is 345 g/mol. The first-order valence-corrected chi connectivity index (χ1v) is 6.82. The zero-order valence-electron chi connectivity index (χ0n) is 11.7. The van der Waals surface area contributed by atoms with Crippen molar-refractivity contribution >= 4 is 34.4 Å². The number of rotatable bonds is 1. The van der Waals surface area contributed by atoms with Gasteiger partial charge in [-0.15, -0.1) is 0 Å². The lowest BCUT2D eigenvalue weighted by Crippen LogP contribution is -2.28. The molecule has 0 spiro atoms. The van der Waals surface area contributed by atoms with Gasteiger partial charge in [0.05, 0.1) is 17.4 Å². The van der Waals surface area contributed by atoms with E-state index in [-0.39, 0.29) is 5.54 Å². The molecule has 0 unspecified atom stereocenters. The minimum absolute atomic E-state index is 0.121. The Bertz CT molecular complexity index is 441. The highest BCUT2D eigenvalue weighted by Gasteiger charge is 2.22. The van der Waals surface area contributed by atoms with Crippen molar-refractivity contribution in [3.63, 3.8) is 0 Å². The predicted octanol–water partition coefficient (Wildman–Crippen LogP) is 3.59. The van der Waals surface area contributed by atoms with Crippen molar-refractivity contribution < 1.29 is 9.53 Å². The van der Waals surface area contributed by atoms with Gasteiger partial charge in [-0.05, 0) is 64.1 Å². The second kappa shape index (κ2) is 5.07. The normalized spacial score (nSPS) is 12.4. The molecule has 1 N–H and O–H groups in total. The van der Waals surface area contributed by atoms with Crippen molar-refractivity contribution in [1.29, 1.82) is 0 Å². The van der Waals surface area contributed by atoms with Gasteiger partial charge in [0.2, 0.25) is 0 Å². The van der Waals surface area contributed by atoms with Crippen LogP contribution in [0.25, 0.3) is 0 Å². The average molecular weight is 365 g/mol. The van der Waals surface area contributed by atoms with Crippen LogP contribution in [0.1, 0.15) is 41.5 Å². The summed E-state index contributed by atoms with van der Waals surface area (Å²) >= 11 is 2.16. The lowest BCUT2D eigenvalue weighted by molar-refractivity contribution is 0.0635. The van der Waals surface area contributed by atoms with E-state index in [9.17, 15) is 4.79 Å². The zero-order chi connectivity index (χ0) is 14.1. The first kappa shape index (κ1) is 15.3. The summed E-state index contributed by atoms with van der Waals surface area (Å²) in [5.74, 6) is 0. The molecule has 0 aliphatic heterocycles. The Morgan fingerprint density at radius 1 is 1.33 bits per heavy atom. The third-order valence-electron chi connectivity index (χ3n) is 1.98. The van der Waals surface area contributed by atoms with Gasteiger partial charge in [-0.3, -0.25) is 10.00 Å². The van der Waals surface area contributed by atoms with E-state index in [1.807, 2.05) is 25.5 Å². The summed E-state index contributed by atoms with van der Waals surface area (Å²) in [5.41, 5.74) is 0.0414. The lowest BCUT2D eigenvalue weighted by atomic mass is 10.1. The van der Waals surface area contributed by atoms with E-state index in [0.29, 0.717) is 5.69 Å². The maximum absolute atomic E-state index is 11.7. The number of nitrogens with zero attached hydrogens (tertiary/aromatic N) is 2. The summed E-state index contributed by atoms with van der Waals surface area (Å²) in [6, 6.07) is 0. The standard InChI is InChI=1S/C12H20IN3O2/c1-11(2,3)16-9(13)8(7-14-16)15-10(17)18-12(4,5)6/h7H,1-6H3,(H,15,17). The molecule has 0 aromatic carbocycles. The van der Waals surface area contributed by atoms with Crippen LogP contribution in [0.3, 0.4) is 0 Å². The highest BCUT2D eigenvalue weighted by molar-refractivity contribution is 14.1. The van der Waals surface area contributed by atoms with Crippen LogP contribution in [0.4, 0.5) is 10.5 Å². The van der Waals surface area contributed by atoms with Crippen molar-refractivity contribution in [2.24, 2.45) is 0 Å². The van der Waals surface area contributed by atoms with Crippen molar-refractivity contribution in [2.75, 3.05) is 5.32 Å². The summed E-state index contributed by atoms with van der Waals surface area (Å²) in [5, 5.41) is 6.98. The van der Waals surface area contributed by atoms with Crippen molar-refractivity contribution in [3.8, 4) is 0 Å². The van der Waals surface area contributed by atoms with Gasteiger partial charge in [0.25, 0.3) is 0 Å². The van der Waals surface area contributed by atoms with Gasteiger partial charge < -0.3 is 4.74 Å². The van der Waals surface area contributed by atoms with Gasteiger partial charge in [0.15, 0.2) is 0 Å². The molecule has 0 bridgehead atoms. The Morgan fingerprint density at radius 3 is 2.28 bits per heavy atom. The quantitative estimate of drug-likeness (QED) is 0.774. The lowest BCUT2D eigenvalue weighted by Gasteiger charge is -2.21. The van der Waals surface area contributed by atoms with E-state index >= 15 is 0 Å². The molecule has 0 aliphatic carbocycles. The van der Waals surface area contributed by atoms with E-state index < -0.39 is 11.7 Å². The molecule has 0 aliphatic rings. The predicted molar refractivity (Wildman–Crippen MR) is 79.8 cm³/mol. The van der Waals surface area contributed by atoms with Crippen LogP contribution in [0.2, 0.25) is 0 Å². The van der Waals surface area contributed by atoms with E-state index in [1.165, 1.54) is 0 Å². The monoisotopic (exact) mass is 365 g/mol. The number of amides is 1. The van der Waals surface area contributed by atoms with Crippen molar-refractivity contribution in [2.45, 2.75) is 52.7 Å². The molecule has 0 saturated heterocycles. The Morgan fingerprint density at radius 2 is 1.89 bits per heavy atom. The Labute approximate surface area is 121 Å². The molecular formula is C12H20IN3O2. The van der Waals surface area contributed by atoms with E-state index in [4.69, 9.17) is 4.74 Å². The highest BCUT2D eigenvalue weighted by Crippen LogP contribution is 2.24. The molecule has 1 aromatic rings. The number of anilines is 1. The fourth-order valence-electron chi connectivity index (χ4n) is 1.30. The van der Waals surface area contributed by atoms with Gasteiger partial charge >= 0.3 is 6.09 Å². The molecule has 0 saturated carbocycles. The van der Waals surface area contributed by atoms with Crippen molar-refractivity contribution in [1.82, 2.24) is 9.78 Å². The van der Waals surface area contributed by atoms with Gasteiger partial charge in [0, 0.05) is 0 Å². The van der Waals surface area contributed by atoms with Crippen LogP contribution in [-0.4, -0.2) is 21.5 Å². The molecule has 102 valence electrons. The van der Waals surface area contributed by atoms with Gasteiger partial charge in [-0.25, -0.2) is 4.79 Å². The minimum Gasteiger partial charge on any atom is -0.444 e. The summed E-state index contributed by atoms with van der Waals surface area (Å²) < 4.78 is 7.94. The summed E-state index contributed by atoms with van der Waals surface area (Å²) in [7, 11) is 0. The molecule has 0 atom stereocenters.